The Morgan fingerprint density at radius 3 is 2.31 bits per heavy atom. The first-order chi connectivity index (χ1) is 12.5. The van der Waals surface area contributed by atoms with E-state index in [1.54, 1.807) is 18.2 Å². The van der Waals surface area contributed by atoms with Gasteiger partial charge in [0.1, 0.15) is 29.7 Å². The maximum absolute atomic E-state index is 14.1. The molecule has 26 heavy (non-hydrogen) atoms. The number of ether oxygens (including phenoxy) is 4. The molecule has 0 unspecified atom stereocenters. The molecule has 0 atom stereocenters. The first-order valence-corrected chi connectivity index (χ1v) is 8.39. The predicted molar refractivity (Wildman–Crippen MR) is 95.5 cm³/mol. The van der Waals surface area contributed by atoms with Crippen LogP contribution in [0.2, 0.25) is 0 Å². The standard InChI is InChI=1S/C20H23FO5/c1-5-13-10-14(6-2)19(11-16(13)21)25-12-15-17(23-3)8-7-9-18(15)26-20(22)24-4/h7-11H,5-6,12H2,1-4H3. The second-order valence-corrected chi connectivity index (χ2v) is 5.54. The molecule has 0 aliphatic heterocycles. The van der Waals surface area contributed by atoms with E-state index in [9.17, 15) is 9.18 Å². The van der Waals surface area contributed by atoms with Crippen LogP contribution in [0.4, 0.5) is 9.18 Å². The summed E-state index contributed by atoms with van der Waals surface area (Å²) in [6.07, 6.45) is 0.482. The summed E-state index contributed by atoms with van der Waals surface area (Å²) in [5.74, 6) is 0.915. The van der Waals surface area contributed by atoms with Gasteiger partial charge in [0.05, 0.1) is 19.8 Å². The van der Waals surface area contributed by atoms with E-state index >= 15 is 0 Å². The monoisotopic (exact) mass is 362 g/mol. The zero-order chi connectivity index (χ0) is 19.1. The maximum Gasteiger partial charge on any atom is 0.513 e. The van der Waals surface area contributed by atoms with Crippen LogP contribution < -0.4 is 14.2 Å². The molecule has 0 saturated heterocycles. The Balaban J connectivity index is 2.31. The minimum Gasteiger partial charge on any atom is -0.496 e. The zero-order valence-electron chi connectivity index (χ0n) is 15.4. The van der Waals surface area contributed by atoms with Crippen molar-refractivity contribution in [1.82, 2.24) is 0 Å². The number of carbonyl (C=O) groups excluding carboxylic acids is 1. The Bertz CT molecular complexity index is 773. The van der Waals surface area contributed by atoms with Crippen molar-refractivity contribution in [3.8, 4) is 17.2 Å². The number of hydrogen-bond acceptors (Lipinski definition) is 5. The number of halogens is 1. The van der Waals surface area contributed by atoms with Crippen molar-refractivity contribution in [2.24, 2.45) is 0 Å². The summed E-state index contributed by atoms with van der Waals surface area (Å²) < 4.78 is 35.0. The van der Waals surface area contributed by atoms with Crippen LogP contribution in [-0.4, -0.2) is 20.4 Å². The van der Waals surface area contributed by atoms with E-state index in [0.717, 1.165) is 5.56 Å². The van der Waals surface area contributed by atoms with Crippen LogP contribution >= 0.6 is 0 Å². The van der Waals surface area contributed by atoms with Gasteiger partial charge in [0.2, 0.25) is 0 Å². The summed E-state index contributed by atoms with van der Waals surface area (Å²) in [6, 6.07) is 8.24. The molecule has 140 valence electrons. The van der Waals surface area contributed by atoms with Gasteiger partial charge in [-0.15, -0.1) is 0 Å². The van der Waals surface area contributed by atoms with Crippen LogP contribution in [0.25, 0.3) is 0 Å². The summed E-state index contributed by atoms with van der Waals surface area (Å²) in [6.45, 7) is 3.94. The molecule has 0 aliphatic carbocycles. The van der Waals surface area contributed by atoms with Crippen molar-refractivity contribution in [2.45, 2.75) is 33.3 Å². The van der Waals surface area contributed by atoms with Crippen LogP contribution in [0.15, 0.2) is 30.3 Å². The van der Waals surface area contributed by atoms with Gasteiger partial charge in [-0.25, -0.2) is 9.18 Å². The second-order valence-electron chi connectivity index (χ2n) is 5.54. The van der Waals surface area contributed by atoms with E-state index < -0.39 is 6.16 Å². The lowest BCUT2D eigenvalue weighted by atomic mass is 10.0. The lowest BCUT2D eigenvalue weighted by Gasteiger charge is -2.16. The number of carbonyl (C=O) groups is 1. The predicted octanol–water partition coefficient (Wildman–Crippen LogP) is 4.68. The fourth-order valence-electron chi connectivity index (χ4n) is 2.59. The molecule has 0 aromatic heterocycles. The molecule has 0 aliphatic rings. The number of rotatable bonds is 7. The van der Waals surface area contributed by atoms with Gasteiger partial charge in [-0.05, 0) is 42.2 Å². The molecule has 2 aromatic rings. The molecule has 0 amide bonds. The SMILES string of the molecule is CCc1cc(CC)c(OCc2c(OC)cccc2OC(=O)OC)cc1F. The third kappa shape index (κ3) is 4.45. The topological polar surface area (TPSA) is 54.0 Å². The quantitative estimate of drug-likeness (QED) is 0.529. The fraction of sp³-hybridized carbons (Fsp3) is 0.350. The van der Waals surface area contributed by atoms with Crippen LogP contribution in [-0.2, 0) is 24.2 Å². The zero-order valence-corrected chi connectivity index (χ0v) is 15.4. The average molecular weight is 362 g/mol. The van der Waals surface area contributed by atoms with Gasteiger partial charge in [0, 0.05) is 6.07 Å². The van der Waals surface area contributed by atoms with Gasteiger partial charge in [-0.1, -0.05) is 19.9 Å². The minimum atomic E-state index is -0.841. The highest BCUT2D eigenvalue weighted by molar-refractivity contribution is 5.65. The van der Waals surface area contributed by atoms with Crippen molar-refractivity contribution >= 4 is 6.16 Å². The summed E-state index contributed by atoms with van der Waals surface area (Å²) >= 11 is 0. The highest BCUT2D eigenvalue weighted by atomic mass is 19.1. The van der Waals surface area contributed by atoms with Crippen LogP contribution in [0.3, 0.4) is 0 Å². The van der Waals surface area contributed by atoms with E-state index in [1.807, 2.05) is 19.9 Å². The van der Waals surface area contributed by atoms with E-state index in [1.165, 1.54) is 20.3 Å². The van der Waals surface area contributed by atoms with Crippen molar-refractivity contribution < 1.29 is 28.1 Å². The molecule has 0 fully saturated rings. The minimum absolute atomic E-state index is 0.0499. The van der Waals surface area contributed by atoms with E-state index in [0.29, 0.717) is 35.5 Å². The first kappa shape index (κ1) is 19.6. The maximum atomic E-state index is 14.1. The molecule has 6 heteroatoms. The number of hydrogen-bond donors (Lipinski definition) is 0. The van der Waals surface area contributed by atoms with Crippen molar-refractivity contribution in [2.75, 3.05) is 14.2 Å². The summed E-state index contributed by atoms with van der Waals surface area (Å²) in [5, 5.41) is 0. The fourth-order valence-corrected chi connectivity index (χ4v) is 2.59. The Morgan fingerprint density at radius 1 is 1.00 bits per heavy atom. The molecular formula is C20H23FO5. The van der Waals surface area contributed by atoms with Gasteiger partial charge in [0.15, 0.2) is 0 Å². The first-order valence-electron chi connectivity index (χ1n) is 8.39. The molecular weight excluding hydrogens is 339 g/mol. The molecule has 0 bridgehead atoms. The molecule has 0 heterocycles. The van der Waals surface area contributed by atoms with E-state index in [-0.39, 0.29) is 18.2 Å². The Labute approximate surface area is 152 Å². The Hall–Kier alpha value is -2.76. The molecule has 0 N–H and O–H groups in total. The van der Waals surface area contributed by atoms with Gasteiger partial charge < -0.3 is 18.9 Å². The smallest absolute Gasteiger partial charge is 0.496 e. The normalized spacial score (nSPS) is 10.3. The summed E-state index contributed by atoms with van der Waals surface area (Å²) in [5.41, 5.74) is 2.09. The Morgan fingerprint density at radius 2 is 1.69 bits per heavy atom. The largest absolute Gasteiger partial charge is 0.513 e. The number of benzene rings is 2. The van der Waals surface area contributed by atoms with Crippen molar-refractivity contribution in [1.29, 1.82) is 0 Å². The van der Waals surface area contributed by atoms with E-state index in [2.05, 4.69) is 4.74 Å². The van der Waals surface area contributed by atoms with Crippen LogP contribution in [0.5, 0.6) is 17.2 Å². The third-order valence-electron chi connectivity index (χ3n) is 4.03. The molecule has 2 aromatic carbocycles. The van der Waals surface area contributed by atoms with Gasteiger partial charge >= 0.3 is 6.16 Å². The summed E-state index contributed by atoms with van der Waals surface area (Å²) in [7, 11) is 2.73. The van der Waals surface area contributed by atoms with Gasteiger partial charge in [-0.2, -0.15) is 0 Å². The van der Waals surface area contributed by atoms with Crippen LogP contribution in [0, 0.1) is 5.82 Å². The molecule has 0 saturated carbocycles. The Kier molecular flexibility index (Phi) is 6.83. The lowest BCUT2D eigenvalue weighted by molar-refractivity contribution is 0.120. The molecule has 5 nitrogen and oxygen atoms in total. The average Bonchev–Trinajstić information content (AvgIpc) is 2.66. The summed E-state index contributed by atoms with van der Waals surface area (Å²) in [4.78, 5) is 11.4. The van der Waals surface area contributed by atoms with Crippen molar-refractivity contribution in [3.63, 3.8) is 0 Å². The number of methoxy groups -OCH3 is 2. The van der Waals surface area contributed by atoms with Crippen molar-refractivity contribution in [3.05, 3.63) is 52.8 Å². The van der Waals surface area contributed by atoms with E-state index in [4.69, 9.17) is 14.2 Å². The molecule has 2 rings (SSSR count). The third-order valence-corrected chi connectivity index (χ3v) is 4.03. The highest BCUT2D eigenvalue weighted by Gasteiger charge is 2.16. The number of aryl methyl sites for hydroxylation is 2. The molecule has 0 radical (unpaired) electrons. The van der Waals surface area contributed by atoms with Gasteiger partial charge in [-0.3, -0.25) is 0 Å². The van der Waals surface area contributed by atoms with Gasteiger partial charge in [0.25, 0.3) is 0 Å². The second kappa shape index (κ2) is 9.08. The highest BCUT2D eigenvalue weighted by Crippen LogP contribution is 2.31. The molecule has 0 spiro atoms. The lowest BCUT2D eigenvalue weighted by Crippen LogP contribution is -2.11. The van der Waals surface area contributed by atoms with Crippen LogP contribution in [0.1, 0.15) is 30.5 Å².